The van der Waals surface area contributed by atoms with Crippen LogP contribution in [0, 0.1) is 11.7 Å². The van der Waals surface area contributed by atoms with Crippen LogP contribution in [0.5, 0.6) is 0 Å². The van der Waals surface area contributed by atoms with E-state index in [1.54, 1.807) is 17.0 Å². The van der Waals surface area contributed by atoms with E-state index in [9.17, 15) is 9.18 Å². The number of hydrogen-bond donors (Lipinski definition) is 0. The monoisotopic (exact) mass is 271 g/mol. The smallest absolute Gasteiger partial charge is 0.258 e. The van der Waals surface area contributed by atoms with Crippen LogP contribution in [0.4, 0.5) is 4.39 Å². The molecular formula is C11H11BrFNO. The summed E-state index contributed by atoms with van der Waals surface area (Å²) in [6.07, 6.45) is 0. The van der Waals surface area contributed by atoms with Crippen molar-refractivity contribution >= 4 is 21.8 Å². The first-order chi connectivity index (χ1) is 7.09. The van der Waals surface area contributed by atoms with Crippen LogP contribution in [0.15, 0.2) is 22.7 Å². The lowest BCUT2D eigenvalue weighted by molar-refractivity contribution is 0.0524. The number of amides is 1. The molecule has 1 saturated heterocycles. The Morgan fingerprint density at radius 3 is 2.73 bits per heavy atom. The van der Waals surface area contributed by atoms with Gasteiger partial charge in [0, 0.05) is 17.6 Å². The maximum Gasteiger partial charge on any atom is 0.258 e. The lowest BCUT2D eigenvalue weighted by Gasteiger charge is -2.37. The first-order valence-electron chi connectivity index (χ1n) is 4.83. The highest BCUT2D eigenvalue weighted by molar-refractivity contribution is 9.10. The Hall–Kier alpha value is -0.900. The van der Waals surface area contributed by atoms with E-state index in [1.165, 1.54) is 6.07 Å². The van der Waals surface area contributed by atoms with Gasteiger partial charge in [0.25, 0.3) is 5.91 Å². The second kappa shape index (κ2) is 3.93. The normalized spacial score (nSPS) is 16.3. The number of halogens is 2. The molecule has 0 unspecified atom stereocenters. The van der Waals surface area contributed by atoms with Crippen molar-refractivity contribution in [2.75, 3.05) is 13.1 Å². The number of benzene rings is 1. The highest BCUT2D eigenvalue weighted by atomic mass is 79.9. The van der Waals surface area contributed by atoms with Crippen LogP contribution in [-0.4, -0.2) is 23.9 Å². The van der Waals surface area contributed by atoms with Gasteiger partial charge in [0.05, 0.1) is 5.56 Å². The second-order valence-corrected chi connectivity index (χ2v) is 4.77. The summed E-state index contributed by atoms with van der Waals surface area (Å²) >= 11 is 3.20. The van der Waals surface area contributed by atoms with Gasteiger partial charge in [-0.15, -0.1) is 0 Å². The van der Waals surface area contributed by atoms with Gasteiger partial charge < -0.3 is 4.90 Å². The molecule has 0 N–H and O–H groups in total. The molecule has 1 aromatic rings. The number of likely N-dealkylation sites (tertiary alicyclic amines) is 1. The molecule has 1 amide bonds. The Morgan fingerprint density at radius 2 is 2.20 bits per heavy atom. The summed E-state index contributed by atoms with van der Waals surface area (Å²) in [6, 6.07) is 4.57. The molecule has 0 aromatic heterocycles. The predicted octanol–water partition coefficient (Wildman–Crippen LogP) is 2.68. The molecule has 1 aliphatic rings. The van der Waals surface area contributed by atoms with Gasteiger partial charge in [0.15, 0.2) is 0 Å². The molecule has 1 aliphatic heterocycles. The van der Waals surface area contributed by atoms with Crippen LogP contribution in [0.2, 0.25) is 0 Å². The summed E-state index contributed by atoms with van der Waals surface area (Å²) in [7, 11) is 0. The van der Waals surface area contributed by atoms with Gasteiger partial charge in [-0.2, -0.15) is 0 Å². The highest BCUT2D eigenvalue weighted by Crippen LogP contribution is 2.24. The largest absolute Gasteiger partial charge is 0.338 e. The minimum atomic E-state index is -0.464. The standard InChI is InChI=1S/C11H11BrFNO/c1-7-5-14(6-7)11(15)10-8(12)3-2-4-9(10)13/h2-4,7H,5-6H2,1H3. The summed E-state index contributed by atoms with van der Waals surface area (Å²) < 4.78 is 14.0. The Balaban J connectivity index is 2.26. The first-order valence-corrected chi connectivity index (χ1v) is 5.62. The van der Waals surface area contributed by atoms with E-state index >= 15 is 0 Å². The molecule has 2 rings (SSSR count). The molecule has 0 saturated carbocycles. The molecule has 0 aliphatic carbocycles. The SMILES string of the molecule is CC1CN(C(=O)c2c(F)cccc2Br)C1. The lowest BCUT2D eigenvalue weighted by atomic mass is 10.0. The van der Waals surface area contributed by atoms with Crippen molar-refractivity contribution in [1.82, 2.24) is 4.90 Å². The minimum Gasteiger partial charge on any atom is -0.338 e. The number of rotatable bonds is 1. The number of hydrogen-bond acceptors (Lipinski definition) is 1. The molecule has 1 heterocycles. The van der Waals surface area contributed by atoms with Crippen LogP contribution in [0.3, 0.4) is 0 Å². The van der Waals surface area contributed by atoms with Gasteiger partial charge in [0.2, 0.25) is 0 Å². The third-order valence-corrected chi connectivity index (χ3v) is 3.19. The number of carbonyl (C=O) groups excluding carboxylic acids is 1. The Bertz CT molecular complexity index is 381. The summed E-state index contributed by atoms with van der Waals surface area (Å²) in [6.45, 7) is 3.51. The highest BCUT2D eigenvalue weighted by Gasteiger charge is 2.30. The Labute approximate surface area is 96.2 Å². The van der Waals surface area contributed by atoms with E-state index in [1.807, 2.05) is 0 Å². The summed E-state index contributed by atoms with van der Waals surface area (Å²) in [5, 5.41) is 0. The molecule has 4 heteroatoms. The molecule has 0 atom stereocenters. The number of carbonyl (C=O) groups is 1. The molecule has 1 fully saturated rings. The molecule has 0 bridgehead atoms. The zero-order valence-electron chi connectivity index (χ0n) is 8.34. The molecule has 0 radical (unpaired) electrons. The fourth-order valence-electron chi connectivity index (χ4n) is 1.73. The van der Waals surface area contributed by atoms with E-state index in [0.29, 0.717) is 10.4 Å². The second-order valence-electron chi connectivity index (χ2n) is 3.91. The number of nitrogens with zero attached hydrogens (tertiary/aromatic N) is 1. The van der Waals surface area contributed by atoms with Gasteiger partial charge >= 0.3 is 0 Å². The van der Waals surface area contributed by atoms with Crippen molar-refractivity contribution in [3.63, 3.8) is 0 Å². The molecule has 15 heavy (non-hydrogen) atoms. The topological polar surface area (TPSA) is 20.3 Å². The van der Waals surface area contributed by atoms with Gasteiger partial charge in [-0.05, 0) is 34.0 Å². The van der Waals surface area contributed by atoms with Crippen molar-refractivity contribution in [2.45, 2.75) is 6.92 Å². The summed E-state index contributed by atoms with van der Waals surface area (Å²) in [4.78, 5) is 13.5. The zero-order chi connectivity index (χ0) is 11.0. The Morgan fingerprint density at radius 1 is 1.53 bits per heavy atom. The van der Waals surface area contributed by atoms with Crippen LogP contribution in [0.25, 0.3) is 0 Å². The van der Waals surface area contributed by atoms with Crippen molar-refractivity contribution in [1.29, 1.82) is 0 Å². The van der Waals surface area contributed by atoms with E-state index in [-0.39, 0.29) is 11.5 Å². The van der Waals surface area contributed by atoms with Crippen LogP contribution in [-0.2, 0) is 0 Å². The molecule has 0 spiro atoms. The predicted molar refractivity (Wildman–Crippen MR) is 59.2 cm³/mol. The average molecular weight is 272 g/mol. The lowest BCUT2D eigenvalue weighted by Crippen LogP contribution is -2.48. The van der Waals surface area contributed by atoms with Crippen molar-refractivity contribution in [3.05, 3.63) is 34.1 Å². The maximum absolute atomic E-state index is 13.4. The van der Waals surface area contributed by atoms with E-state index in [0.717, 1.165) is 13.1 Å². The molecule has 2 nitrogen and oxygen atoms in total. The van der Waals surface area contributed by atoms with Crippen LogP contribution >= 0.6 is 15.9 Å². The van der Waals surface area contributed by atoms with Crippen LogP contribution in [0.1, 0.15) is 17.3 Å². The van der Waals surface area contributed by atoms with Gasteiger partial charge in [-0.1, -0.05) is 13.0 Å². The summed E-state index contributed by atoms with van der Waals surface area (Å²) in [5.74, 6) is -0.161. The van der Waals surface area contributed by atoms with Crippen molar-refractivity contribution in [3.8, 4) is 0 Å². The van der Waals surface area contributed by atoms with E-state index in [4.69, 9.17) is 0 Å². The van der Waals surface area contributed by atoms with Crippen molar-refractivity contribution < 1.29 is 9.18 Å². The average Bonchev–Trinajstić information content (AvgIpc) is 2.12. The first kappa shape index (κ1) is 10.6. The fraction of sp³-hybridized carbons (Fsp3) is 0.364. The van der Waals surface area contributed by atoms with Gasteiger partial charge in [-0.3, -0.25) is 4.79 Å². The molecule has 80 valence electrons. The zero-order valence-corrected chi connectivity index (χ0v) is 9.92. The Kier molecular flexibility index (Phi) is 2.78. The summed E-state index contributed by atoms with van der Waals surface area (Å²) in [5.41, 5.74) is 0.143. The molecule has 1 aromatic carbocycles. The van der Waals surface area contributed by atoms with Crippen LogP contribution < -0.4 is 0 Å². The minimum absolute atomic E-state index is 0.143. The van der Waals surface area contributed by atoms with E-state index in [2.05, 4.69) is 22.9 Å². The third kappa shape index (κ3) is 1.91. The van der Waals surface area contributed by atoms with Gasteiger partial charge in [0.1, 0.15) is 5.82 Å². The van der Waals surface area contributed by atoms with Crippen molar-refractivity contribution in [2.24, 2.45) is 5.92 Å². The van der Waals surface area contributed by atoms with E-state index < -0.39 is 5.82 Å². The quantitative estimate of drug-likeness (QED) is 0.769. The fourth-order valence-corrected chi connectivity index (χ4v) is 2.24. The third-order valence-electron chi connectivity index (χ3n) is 2.53. The van der Waals surface area contributed by atoms with Gasteiger partial charge in [-0.25, -0.2) is 4.39 Å². The molecular weight excluding hydrogens is 261 g/mol. The maximum atomic E-state index is 13.4.